The van der Waals surface area contributed by atoms with Gasteiger partial charge in [-0.25, -0.2) is 9.67 Å². The van der Waals surface area contributed by atoms with Crippen LogP contribution in [0, 0.1) is 6.92 Å². The van der Waals surface area contributed by atoms with E-state index in [1.54, 1.807) is 6.20 Å². The maximum atomic E-state index is 6.35. The summed E-state index contributed by atoms with van der Waals surface area (Å²) >= 11 is 0. The van der Waals surface area contributed by atoms with Crippen molar-refractivity contribution in [2.75, 3.05) is 5.73 Å². The van der Waals surface area contributed by atoms with Crippen LogP contribution >= 0.6 is 0 Å². The molecular formula is C23H25N7O. The van der Waals surface area contributed by atoms with E-state index >= 15 is 0 Å². The van der Waals surface area contributed by atoms with Crippen LogP contribution in [0.1, 0.15) is 42.3 Å². The van der Waals surface area contributed by atoms with Gasteiger partial charge in [0, 0.05) is 41.7 Å². The second-order valence-corrected chi connectivity index (χ2v) is 8.03. The van der Waals surface area contributed by atoms with E-state index in [9.17, 15) is 0 Å². The van der Waals surface area contributed by atoms with Crippen molar-refractivity contribution in [1.29, 1.82) is 0 Å². The third-order valence-corrected chi connectivity index (χ3v) is 5.72. The van der Waals surface area contributed by atoms with Crippen molar-refractivity contribution < 1.29 is 4.74 Å². The van der Waals surface area contributed by atoms with Gasteiger partial charge >= 0.3 is 0 Å². The van der Waals surface area contributed by atoms with Gasteiger partial charge in [0.1, 0.15) is 6.10 Å². The van der Waals surface area contributed by atoms with Crippen molar-refractivity contribution in [3.05, 3.63) is 59.0 Å². The highest BCUT2D eigenvalue weighted by Gasteiger charge is 2.24. The summed E-state index contributed by atoms with van der Waals surface area (Å²) in [5, 5.41) is 13.7. The number of anilines is 1. The van der Waals surface area contributed by atoms with E-state index in [0.29, 0.717) is 18.1 Å². The Labute approximate surface area is 180 Å². The summed E-state index contributed by atoms with van der Waals surface area (Å²) < 4.78 is 10.1. The molecule has 4 aromatic rings. The Balaban J connectivity index is 1.81. The lowest BCUT2D eigenvalue weighted by Gasteiger charge is -2.21. The zero-order valence-electron chi connectivity index (χ0n) is 18.1. The van der Waals surface area contributed by atoms with Gasteiger partial charge in [0.25, 0.3) is 0 Å². The van der Waals surface area contributed by atoms with Crippen LogP contribution in [-0.2, 0) is 20.0 Å². The van der Waals surface area contributed by atoms with E-state index in [1.807, 2.05) is 35.6 Å². The average Bonchev–Trinajstić information content (AvgIpc) is 3.32. The largest absolute Gasteiger partial charge is 0.482 e. The fourth-order valence-corrected chi connectivity index (χ4v) is 4.22. The third kappa shape index (κ3) is 3.24. The summed E-state index contributed by atoms with van der Waals surface area (Å²) in [5.74, 6) is 0.909. The molecule has 2 bridgehead atoms. The monoisotopic (exact) mass is 415 g/mol. The van der Waals surface area contributed by atoms with Crippen molar-refractivity contribution in [2.24, 2.45) is 7.05 Å². The maximum absolute atomic E-state index is 6.35. The SMILES string of the molecule is CCc1nnn2c1-c1cnc(N)c(c1)O[C@H](C)c1cc(C)ccc1-c1nn(C)cc1C2. The van der Waals surface area contributed by atoms with Crippen molar-refractivity contribution in [3.8, 4) is 28.3 Å². The molecule has 0 radical (unpaired) electrons. The summed E-state index contributed by atoms with van der Waals surface area (Å²) in [6.45, 7) is 6.72. The number of aryl methyl sites for hydroxylation is 3. The summed E-state index contributed by atoms with van der Waals surface area (Å²) in [7, 11) is 1.94. The van der Waals surface area contributed by atoms with E-state index in [0.717, 1.165) is 51.3 Å². The molecule has 0 amide bonds. The van der Waals surface area contributed by atoms with Crippen molar-refractivity contribution >= 4 is 5.82 Å². The van der Waals surface area contributed by atoms with E-state index in [1.165, 1.54) is 0 Å². The smallest absolute Gasteiger partial charge is 0.166 e. The number of nitrogens with two attached hydrogens (primary N) is 1. The number of hydrogen-bond donors (Lipinski definition) is 1. The molecule has 0 unspecified atom stereocenters. The summed E-state index contributed by atoms with van der Waals surface area (Å²) in [4.78, 5) is 4.41. The maximum Gasteiger partial charge on any atom is 0.166 e. The van der Waals surface area contributed by atoms with Crippen molar-refractivity contribution in [2.45, 2.75) is 39.8 Å². The first kappa shape index (κ1) is 19.3. The Morgan fingerprint density at radius 1 is 1.26 bits per heavy atom. The number of fused-ring (bicyclic) bond motifs is 7. The molecule has 5 rings (SSSR count). The van der Waals surface area contributed by atoms with Crippen LogP contribution in [0.15, 0.2) is 36.7 Å². The van der Waals surface area contributed by atoms with Gasteiger partial charge in [0.15, 0.2) is 11.6 Å². The number of aromatic nitrogens is 6. The molecule has 0 spiro atoms. The van der Waals surface area contributed by atoms with Gasteiger partial charge in [-0.2, -0.15) is 5.10 Å². The van der Waals surface area contributed by atoms with Gasteiger partial charge in [0.2, 0.25) is 0 Å². The van der Waals surface area contributed by atoms with Crippen LogP contribution in [-0.4, -0.2) is 29.8 Å². The highest BCUT2D eigenvalue weighted by atomic mass is 16.5. The fraction of sp³-hybridized carbons (Fsp3) is 0.304. The number of pyridine rings is 1. The normalized spacial score (nSPS) is 15.2. The van der Waals surface area contributed by atoms with Gasteiger partial charge in [-0.1, -0.05) is 35.9 Å². The molecule has 1 atom stereocenters. The lowest BCUT2D eigenvalue weighted by Crippen LogP contribution is -2.11. The number of nitrogen functional groups attached to an aromatic ring is 1. The topological polar surface area (TPSA) is 96.7 Å². The van der Waals surface area contributed by atoms with E-state index < -0.39 is 0 Å². The first-order valence-electron chi connectivity index (χ1n) is 10.4. The Morgan fingerprint density at radius 3 is 2.90 bits per heavy atom. The lowest BCUT2D eigenvalue weighted by atomic mass is 9.96. The summed E-state index contributed by atoms with van der Waals surface area (Å²) in [6.07, 6.45) is 4.32. The number of hydrogen-bond acceptors (Lipinski definition) is 6. The molecule has 1 aliphatic rings. The predicted molar refractivity (Wildman–Crippen MR) is 119 cm³/mol. The number of rotatable bonds is 1. The zero-order chi connectivity index (χ0) is 21.7. The minimum atomic E-state index is -0.239. The molecule has 2 N–H and O–H groups in total. The van der Waals surface area contributed by atoms with Gasteiger partial charge in [-0.15, -0.1) is 5.10 Å². The van der Waals surface area contributed by atoms with Crippen molar-refractivity contribution in [3.63, 3.8) is 0 Å². The molecule has 0 aliphatic carbocycles. The second-order valence-electron chi connectivity index (χ2n) is 8.03. The molecule has 31 heavy (non-hydrogen) atoms. The van der Waals surface area contributed by atoms with Crippen LogP contribution in [0.3, 0.4) is 0 Å². The minimum absolute atomic E-state index is 0.239. The Bertz CT molecular complexity index is 1290. The Kier molecular flexibility index (Phi) is 4.50. The molecule has 3 aromatic heterocycles. The number of nitrogens with zero attached hydrogens (tertiary/aromatic N) is 6. The Morgan fingerprint density at radius 2 is 2.10 bits per heavy atom. The molecule has 4 heterocycles. The number of ether oxygens (including phenoxy) is 1. The van der Waals surface area contributed by atoms with Crippen LogP contribution < -0.4 is 10.5 Å². The quantitative estimate of drug-likeness (QED) is 0.509. The highest BCUT2D eigenvalue weighted by Crippen LogP contribution is 2.37. The summed E-state index contributed by atoms with van der Waals surface area (Å²) in [6, 6.07) is 8.30. The third-order valence-electron chi connectivity index (χ3n) is 5.72. The lowest BCUT2D eigenvalue weighted by molar-refractivity contribution is 0.228. The fourth-order valence-electron chi connectivity index (χ4n) is 4.22. The van der Waals surface area contributed by atoms with Crippen LogP contribution in [0.4, 0.5) is 5.82 Å². The van der Waals surface area contributed by atoms with Gasteiger partial charge < -0.3 is 10.5 Å². The summed E-state index contributed by atoms with van der Waals surface area (Å²) in [5.41, 5.74) is 14.1. The molecule has 158 valence electrons. The molecule has 0 saturated heterocycles. The molecule has 8 heteroatoms. The molecule has 1 aliphatic heterocycles. The standard InChI is InChI=1S/C23H25N7O/c1-5-19-22-15-9-20(23(24)25-10-15)31-14(3)18-8-13(2)6-7-17(18)21-16(11-29(4)27-21)12-30(22)28-26-19/h6-11,14H,5,12H2,1-4H3,(H2,24,25)/t14-/m1/s1. The van der Waals surface area contributed by atoms with E-state index in [-0.39, 0.29) is 6.10 Å². The first-order chi connectivity index (χ1) is 14.9. The molecule has 0 saturated carbocycles. The Hall–Kier alpha value is -3.68. The average molecular weight is 416 g/mol. The zero-order valence-corrected chi connectivity index (χ0v) is 18.1. The van der Waals surface area contributed by atoms with Crippen molar-refractivity contribution in [1.82, 2.24) is 29.8 Å². The van der Waals surface area contributed by atoms with Crippen LogP contribution in [0.5, 0.6) is 5.75 Å². The van der Waals surface area contributed by atoms with E-state index in [4.69, 9.17) is 15.6 Å². The molecule has 0 fully saturated rings. The van der Waals surface area contributed by atoms with Gasteiger partial charge in [-0.3, -0.25) is 4.68 Å². The van der Waals surface area contributed by atoms with E-state index in [2.05, 4.69) is 47.3 Å². The molecule has 8 nitrogen and oxygen atoms in total. The second kappa shape index (κ2) is 7.23. The first-order valence-corrected chi connectivity index (χ1v) is 10.4. The van der Waals surface area contributed by atoms with Crippen LogP contribution in [0.25, 0.3) is 22.5 Å². The van der Waals surface area contributed by atoms with Gasteiger partial charge in [-0.05, 0) is 26.3 Å². The molecule has 1 aromatic carbocycles. The highest BCUT2D eigenvalue weighted by molar-refractivity contribution is 5.70. The predicted octanol–water partition coefficient (Wildman–Crippen LogP) is 3.70. The van der Waals surface area contributed by atoms with Crippen LogP contribution in [0.2, 0.25) is 0 Å². The molecular weight excluding hydrogens is 390 g/mol. The van der Waals surface area contributed by atoms with Gasteiger partial charge in [0.05, 0.1) is 23.6 Å². The number of benzene rings is 1. The minimum Gasteiger partial charge on any atom is -0.482 e.